The summed E-state index contributed by atoms with van der Waals surface area (Å²) in [5.41, 5.74) is 7.20. The molecule has 2 N–H and O–H groups in total. The van der Waals surface area contributed by atoms with Crippen LogP contribution in [0.25, 0.3) is 0 Å². The summed E-state index contributed by atoms with van der Waals surface area (Å²) in [6.45, 7) is 4.26. The molecule has 0 fully saturated rings. The topological polar surface area (TPSA) is 26.0 Å². The maximum atomic E-state index is 6.01. The Morgan fingerprint density at radius 1 is 1.25 bits per heavy atom. The lowest BCUT2D eigenvalue weighted by Crippen LogP contribution is -2.16. The minimum atomic E-state index is 0.126. The van der Waals surface area contributed by atoms with E-state index in [1.807, 2.05) is 18.2 Å². The van der Waals surface area contributed by atoms with Crippen LogP contribution in [0.2, 0.25) is 0 Å². The molecule has 0 saturated heterocycles. The van der Waals surface area contributed by atoms with E-state index >= 15 is 0 Å². The van der Waals surface area contributed by atoms with Crippen LogP contribution >= 0.6 is 15.9 Å². The van der Waals surface area contributed by atoms with E-state index in [0.717, 1.165) is 4.47 Å². The molecule has 1 rings (SSSR count). The van der Waals surface area contributed by atoms with Crippen LogP contribution in [-0.2, 0) is 0 Å². The molecule has 0 radical (unpaired) electrons. The molecule has 0 bridgehead atoms. The van der Waals surface area contributed by atoms with Crippen LogP contribution < -0.4 is 5.73 Å². The first-order valence-corrected chi connectivity index (χ1v) is 4.92. The van der Waals surface area contributed by atoms with Gasteiger partial charge in [-0.3, -0.25) is 0 Å². The number of benzene rings is 1. The molecule has 12 heavy (non-hydrogen) atoms. The molecular weight excluding hydrogens is 214 g/mol. The minimum absolute atomic E-state index is 0.126. The van der Waals surface area contributed by atoms with Gasteiger partial charge in [0.25, 0.3) is 0 Å². The lowest BCUT2D eigenvalue weighted by Gasteiger charge is -2.17. The van der Waals surface area contributed by atoms with Crippen molar-refractivity contribution in [2.24, 2.45) is 11.7 Å². The minimum Gasteiger partial charge on any atom is -0.324 e. The van der Waals surface area contributed by atoms with E-state index in [-0.39, 0.29) is 6.04 Å². The summed E-state index contributed by atoms with van der Waals surface area (Å²) in [4.78, 5) is 0. The van der Waals surface area contributed by atoms with Crippen LogP contribution in [0, 0.1) is 5.92 Å². The lowest BCUT2D eigenvalue weighted by molar-refractivity contribution is 0.512. The first-order chi connectivity index (χ1) is 5.63. The first-order valence-electron chi connectivity index (χ1n) is 4.13. The Kier molecular flexibility index (Phi) is 3.29. The van der Waals surface area contributed by atoms with Crippen LogP contribution in [-0.4, -0.2) is 0 Å². The second-order valence-electron chi connectivity index (χ2n) is 3.29. The van der Waals surface area contributed by atoms with Crippen molar-refractivity contribution in [2.45, 2.75) is 19.9 Å². The first kappa shape index (κ1) is 9.75. The molecule has 2 heteroatoms. The third kappa shape index (κ3) is 2.08. The highest BCUT2D eigenvalue weighted by Crippen LogP contribution is 2.25. The molecule has 0 aliphatic heterocycles. The third-order valence-electron chi connectivity index (χ3n) is 1.98. The van der Waals surface area contributed by atoms with Crippen molar-refractivity contribution < 1.29 is 0 Å². The van der Waals surface area contributed by atoms with E-state index in [1.54, 1.807) is 0 Å². The summed E-state index contributed by atoms with van der Waals surface area (Å²) < 4.78 is 1.10. The van der Waals surface area contributed by atoms with Crippen molar-refractivity contribution in [3.8, 4) is 0 Å². The highest BCUT2D eigenvalue weighted by atomic mass is 79.9. The fraction of sp³-hybridized carbons (Fsp3) is 0.400. The summed E-state index contributed by atoms with van der Waals surface area (Å²) in [6.07, 6.45) is 0. The second kappa shape index (κ2) is 4.06. The van der Waals surface area contributed by atoms with Crippen molar-refractivity contribution in [3.63, 3.8) is 0 Å². The lowest BCUT2D eigenvalue weighted by atomic mass is 9.97. The predicted octanol–water partition coefficient (Wildman–Crippen LogP) is 3.10. The van der Waals surface area contributed by atoms with E-state index in [0.29, 0.717) is 5.92 Å². The smallest absolute Gasteiger partial charge is 0.0329 e. The molecule has 66 valence electrons. The average molecular weight is 228 g/mol. The Labute approximate surface area is 82.1 Å². The van der Waals surface area contributed by atoms with Gasteiger partial charge in [-0.15, -0.1) is 0 Å². The Hall–Kier alpha value is -0.340. The summed E-state index contributed by atoms with van der Waals surface area (Å²) in [7, 11) is 0. The molecule has 0 aromatic heterocycles. The molecule has 0 saturated carbocycles. The van der Waals surface area contributed by atoms with Gasteiger partial charge in [-0.05, 0) is 17.5 Å². The van der Waals surface area contributed by atoms with E-state index in [9.17, 15) is 0 Å². The van der Waals surface area contributed by atoms with Crippen molar-refractivity contribution in [1.29, 1.82) is 0 Å². The zero-order valence-electron chi connectivity index (χ0n) is 7.42. The summed E-state index contributed by atoms with van der Waals surface area (Å²) in [6, 6.07) is 8.23. The standard InChI is InChI=1S/C10H14BrN/c1-7(2)10(12)8-5-3-4-6-9(8)11/h3-7,10H,12H2,1-2H3. The van der Waals surface area contributed by atoms with Crippen LogP contribution in [0.5, 0.6) is 0 Å². The molecule has 1 atom stereocenters. The SMILES string of the molecule is CC(C)C(N)c1ccccc1Br. The molecule has 1 aromatic carbocycles. The van der Waals surface area contributed by atoms with Crippen molar-refractivity contribution in [2.75, 3.05) is 0 Å². The number of hydrogen-bond donors (Lipinski definition) is 1. The van der Waals surface area contributed by atoms with Gasteiger partial charge in [0.05, 0.1) is 0 Å². The Morgan fingerprint density at radius 2 is 1.83 bits per heavy atom. The fourth-order valence-electron chi connectivity index (χ4n) is 1.10. The highest BCUT2D eigenvalue weighted by molar-refractivity contribution is 9.10. The second-order valence-corrected chi connectivity index (χ2v) is 4.15. The molecule has 1 aromatic rings. The Balaban J connectivity index is 2.94. The average Bonchev–Trinajstić information content (AvgIpc) is 2.04. The molecule has 1 nitrogen and oxygen atoms in total. The molecule has 0 heterocycles. The van der Waals surface area contributed by atoms with Crippen LogP contribution in [0.3, 0.4) is 0 Å². The molecule has 0 aliphatic carbocycles. The number of rotatable bonds is 2. The largest absolute Gasteiger partial charge is 0.324 e. The van der Waals surface area contributed by atoms with E-state index < -0.39 is 0 Å². The molecule has 1 unspecified atom stereocenters. The van der Waals surface area contributed by atoms with Crippen LogP contribution in [0.1, 0.15) is 25.5 Å². The van der Waals surface area contributed by atoms with Crippen molar-refractivity contribution in [1.82, 2.24) is 0 Å². The summed E-state index contributed by atoms with van der Waals surface area (Å²) in [5, 5.41) is 0. The van der Waals surface area contributed by atoms with Crippen LogP contribution in [0.4, 0.5) is 0 Å². The summed E-state index contributed by atoms with van der Waals surface area (Å²) in [5.74, 6) is 0.476. The highest BCUT2D eigenvalue weighted by Gasteiger charge is 2.12. The van der Waals surface area contributed by atoms with Gasteiger partial charge in [0.2, 0.25) is 0 Å². The van der Waals surface area contributed by atoms with Gasteiger partial charge in [-0.25, -0.2) is 0 Å². The number of halogens is 1. The van der Waals surface area contributed by atoms with Gasteiger partial charge < -0.3 is 5.73 Å². The third-order valence-corrected chi connectivity index (χ3v) is 2.70. The fourth-order valence-corrected chi connectivity index (χ4v) is 1.65. The van der Waals surface area contributed by atoms with E-state index in [2.05, 4.69) is 35.8 Å². The van der Waals surface area contributed by atoms with Gasteiger partial charge in [0, 0.05) is 10.5 Å². The monoisotopic (exact) mass is 227 g/mol. The van der Waals surface area contributed by atoms with Gasteiger partial charge in [0.1, 0.15) is 0 Å². The molecule has 0 spiro atoms. The van der Waals surface area contributed by atoms with E-state index in [1.165, 1.54) is 5.56 Å². The number of nitrogens with two attached hydrogens (primary N) is 1. The van der Waals surface area contributed by atoms with Crippen molar-refractivity contribution in [3.05, 3.63) is 34.3 Å². The normalized spacial score (nSPS) is 13.4. The predicted molar refractivity (Wildman–Crippen MR) is 55.9 cm³/mol. The maximum absolute atomic E-state index is 6.01. The van der Waals surface area contributed by atoms with E-state index in [4.69, 9.17) is 5.73 Å². The van der Waals surface area contributed by atoms with Gasteiger partial charge >= 0.3 is 0 Å². The molecular formula is C10H14BrN. The molecule has 0 aliphatic rings. The van der Waals surface area contributed by atoms with Gasteiger partial charge in [-0.1, -0.05) is 48.0 Å². The quantitative estimate of drug-likeness (QED) is 0.826. The van der Waals surface area contributed by atoms with Gasteiger partial charge in [-0.2, -0.15) is 0 Å². The number of hydrogen-bond acceptors (Lipinski definition) is 1. The van der Waals surface area contributed by atoms with Crippen molar-refractivity contribution >= 4 is 15.9 Å². The Bertz CT molecular complexity index is 258. The molecule has 0 amide bonds. The van der Waals surface area contributed by atoms with Gasteiger partial charge in [0.15, 0.2) is 0 Å². The Morgan fingerprint density at radius 3 is 2.33 bits per heavy atom. The zero-order chi connectivity index (χ0) is 9.14. The maximum Gasteiger partial charge on any atom is 0.0329 e. The zero-order valence-corrected chi connectivity index (χ0v) is 9.01. The van der Waals surface area contributed by atoms with Crippen LogP contribution in [0.15, 0.2) is 28.7 Å². The summed E-state index contributed by atoms with van der Waals surface area (Å²) >= 11 is 3.49.